The van der Waals surface area contributed by atoms with Gasteiger partial charge in [-0.1, -0.05) is 12.8 Å². The van der Waals surface area contributed by atoms with Crippen molar-refractivity contribution in [3.05, 3.63) is 17.7 Å². The van der Waals surface area contributed by atoms with E-state index in [2.05, 4.69) is 23.5 Å². The van der Waals surface area contributed by atoms with E-state index in [9.17, 15) is 4.79 Å². The predicted molar refractivity (Wildman–Crippen MR) is 101 cm³/mol. The van der Waals surface area contributed by atoms with Gasteiger partial charge >= 0.3 is 0 Å². The monoisotopic (exact) mass is 328 g/mol. The van der Waals surface area contributed by atoms with Crippen LogP contribution in [0.1, 0.15) is 43.0 Å². The van der Waals surface area contributed by atoms with Crippen molar-refractivity contribution in [1.29, 1.82) is 0 Å². The highest BCUT2D eigenvalue weighted by Gasteiger charge is 2.23. The van der Waals surface area contributed by atoms with Gasteiger partial charge in [0.05, 0.1) is 29.2 Å². The number of nitrogens with two attached hydrogens (primary N) is 1. The van der Waals surface area contributed by atoms with Gasteiger partial charge in [0.2, 0.25) is 0 Å². The van der Waals surface area contributed by atoms with Crippen LogP contribution in [0.25, 0.3) is 0 Å². The number of hydrogen-bond donors (Lipinski definition) is 3. The van der Waals surface area contributed by atoms with Crippen molar-refractivity contribution in [2.75, 3.05) is 36.6 Å². The minimum absolute atomic E-state index is 0.0808. The summed E-state index contributed by atoms with van der Waals surface area (Å²) in [5, 5.41) is 6.21. The first-order valence-electron chi connectivity index (χ1n) is 8.53. The number of terminal acetylenes is 1. The molecule has 1 amide bonds. The number of carbonyl (C=O) groups excluding carboxylic acids is 1. The maximum absolute atomic E-state index is 12.8. The Kier molecular flexibility index (Phi) is 5.97. The summed E-state index contributed by atoms with van der Waals surface area (Å²) in [5.41, 5.74) is 8.76. The van der Waals surface area contributed by atoms with Crippen LogP contribution in [0.4, 0.5) is 17.1 Å². The maximum atomic E-state index is 12.8. The lowest BCUT2D eigenvalue weighted by Gasteiger charge is -2.28. The van der Waals surface area contributed by atoms with E-state index in [1.54, 1.807) is 13.1 Å². The highest BCUT2D eigenvalue weighted by Crippen LogP contribution is 2.30. The summed E-state index contributed by atoms with van der Waals surface area (Å²) < 4.78 is 0. The number of amides is 1. The van der Waals surface area contributed by atoms with Crippen molar-refractivity contribution < 1.29 is 4.79 Å². The molecule has 0 radical (unpaired) electrons. The Balaban J connectivity index is 2.25. The Morgan fingerprint density at radius 1 is 1.38 bits per heavy atom. The molecule has 24 heavy (non-hydrogen) atoms. The molecule has 0 atom stereocenters. The van der Waals surface area contributed by atoms with Gasteiger partial charge in [-0.15, -0.1) is 6.42 Å². The van der Waals surface area contributed by atoms with Crippen LogP contribution in [-0.2, 0) is 0 Å². The number of benzene rings is 1. The predicted octanol–water partition coefficient (Wildman–Crippen LogP) is 2.69. The second-order valence-corrected chi connectivity index (χ2v) is 6.70. The second kappa shape index (κ2) is 7.96. The Bertz CT molecular complexity index is 627. The molecule has 0 unspecified atom stereocenters. The van der Waals surface area contributed by atoms with Crippen LogP contribution < -0.4 is 21.3 Å². The summed E-state index contributed by atoms with van der Waals surface area (Å²) in [6, 6.07) is 3.85. The van der Waals surface area contributed by atoms with E-state index in [1.807, 2.05) is 18.0 Å². The molecule has 5 nitrogen and oxygen atoms in total. The van der Waals surface area contributed by atoms with E-state index in [4.69, 9.17) is 12.2 Å². The van der Waals surface area contributed by atoms with E-state index in [0.29, 0.717) is 17.8 Å². The SMILES string of the molecule is C#CCN(C)c1cc(NC)c(N)cc1C(=O)N[C@H]1CC[C@H](C)CC1. The van der Waals surface area contributed by atoms with E-state index >= 15 is 0 Å². The lowest BCUT2D eigenvalue weighted by atomic mass is 9.87. The molecule has 1 fully saturated rings. The Morgan fingerprint density at radius 3 is 2.62 bits per heavy atom. The summed E-state index contributed by atoms with van der Waals surface area (Å²) in [6.07, 6.45) is 9.82. The van der Waals surface area contributed by atoms with Crippen LogP contribution in [0.15, 0.2) is 12.1 Å². The molecular weight excluding hydrogens is 300 g/mol. The number of nitrogens with one attached hydrogen (secondary N) is 2. The quantitative estimate of drug-likeness (QED) is 0.574. The average Bonchev–Trinajstić information content (AvgIpc) is 2.56. The van der Waals surface area contributed by atoms with Crippen LogP contribution in [0, 0.1) is 18.3 Å². The van der Waals surface area contributed by atoms with Gasteiger partial charge in [-0.3, -0.25) is 4.79 Å². The van der Waals surface area contributed by atoms with E-state index in [-0.39, 0.29) is 11.9 Å². The number of anilines is 3. The second-order valence-electron chi connectivity index (χ2n) is 6.70. The summed E-state index contributed by atoms with van der Waals surface area (Å²) in [4.78, 5) is 14.7. The molecule has 1 aliphatic rings. The zero-order chi connectivity index (χ0) is 17.7. The van der Waals surface area contributed by atoms with Gasteiger partial charge in [-0.2, -0.15) is 0 Å². The van der Waals surface area contributed by atoms with E-state index in [1.165, 1.54) is 0 Å². The molecule has 0 saturated heterocycles. The number of carbonyl (C=O) groups is 1. The lowest BCUT2D eigenvalue weighted by molar-refractivity contribution is 0.0923. The van der Waals surface area contributed by atoms with Gasteiger partial charge < -0.3 is 21.3 Å². The standard InChI is InChI=1S/C19H28N4O/c1-5-10-23(4)18-12-17(21-3)16(20)11-15(18)19(24)22-14-8-6-13(2)7-9-14/h1,11-14,21H,6-10,20H2,2-4H3,(H,22,24)/t13-,14-. The zero-order valence-corrected chi connectivity index (χ0v) is 14.9. The molecule has 130 valence electrons. The lowest BCUT2D eigenvalue weighted by Crippen LogP contribution is -2.38. The zero-order valence-electron chi connectivity index (χ0n) is 14.9. The first-order chi connectivity index (χ1) is 11.5. The van der Waals surface area contributed by atoms with Crippen molar-refractivity contribution in [3.8, 4) is 12.3 Å². The molecule has 0 bridgehead atoms. The molecule has 0 heterocycles. The van der Waals surface area contributed by atoms with Crippen LogP contribution in [0.3, 0.4) is 0 Å². The summed E-state index contributed by atoms with van der Waals surface area (Å²) in [6.45, 7) is 2.69. The molecular formula is C19H28N4O. The highest BCUT2D eigenvalue weighted by molar-refractivity contribution is 6.02. The van der Waals surface area contributed by atoms with Crippen LogP contribution in [0.2, 0.25) is 0 Å². The fourth-order valence-electron chi connectivity index (χ4n) is 3.21. The first kappa shape index (κ1) is 18.0. The van der Waals surface area contributed by atoms with Gasteiger partial charge in [0.25, 0.3) is 5.91 Å². The number of nitrogens with zero attached hydrogens (tertiary/aromatic N) is 1. The Hall–Kier alpha value is -2.35. The average molecular weight is 328 g/mol. The van der Waals surface area contributed by atoms with Crippen LogP contribution >= 0.6 is 0 Å². The molecule has 1 aliphatic carbocycles. The van der Waals surface area contributed by atoms with Crippen LogP contribution in [-0.4, -0.2) is 32.6 Å². The van der Waals surface area contributed by atoms with Gasteiger partial charge in [0, 0.05) is 20.1 Å². The smallest absolute Gasteiger partial charge is 0.253 e. The van der Waals surface area contributed by atoms with Gasteiger partial charge in [-0.05, 0) is 43.7 Å². The number of nitrogen functional groups attached to an aromatic ring is 1. The molecule has 0 spiro atoms. The fraction of sp³-hybridized carbons (Fsp3) is 0.526. The third-order valence-corrected chi connectivity index (χ3v) is 4.77. The largest absolute Gasteiger partial charge is 0.397 e. The van der Waals surface area contributed by atoms with Gasteiger partial charge in [0.15, 0.2) is 0 Å². The first-order valence-corrected chi connectivity index (χ1v) is 8.53. The number of hydrogen-bond acceptors (Lipinski definition) is 4. The Morgan fingerprint density at radius 2 is 2.04 bits per heavy atom. The molecule has 5 heteroatoms. The highest BCUT2D eigenvalue weighted by atomic mass is 16.1. The van der Waals surface area contributed by atoms with E-state index in [0.717, 1.165) is 43.0 Å². The summed E-state index contributed by atoms with van der Waals surface area (Å²) in [7, 11) is 3.68. The number of rotatable bonds is 5. The van der Waals surface area contributed by atoms with E-state index < -0.39 is 0 Å². The van der Waals surface area contributed by atoms with Crippen molar-refractivity contribution in [2.45, 2.75) is 38.6 Å². The van der Waals surface area contributed by atoms with Gasteiger partial charge in [-0.25, -0.2) is 0 Å². The molecule has 1 aromatic carbocycles. The summed E-state index contributed by atoms with van der Waals surface area (Å²) in [5.74, 6) is 3.28. The molecule has 1 saturated carbocycles. The minimum Gasteiger partial charge on any atom is -0.397 e. The molecule has 1 aromatic rings. The third kappa shape index (κ3) is 4.14. The van der Waals surface area contributed by atoms with Crippen molar-refractivity contribution in [2.24, 2.45) is 5.92 Å². The van der Waals surface area contributed by atoms with Crippen molar-refractivity contribution in [1.82, 2.24) is 5.32 Å². The molecule has 4 N–H and O–H groups in total. The minimum atomic E-state index is -0.0808. The molecule has 2 rings (SSSR count). The maximum Gasteiger partial charge on any atom is 0.253 e. The Labute approximate surface area is 145 Å². The molecule has 0 aliphatic heterocycles. The van der Waals surface area contributed by atoms with Crippen molar-refractivity contribution >= 4 is 23.0 Å². The molecule has 0 aromatic heterocycles. The third-order valence-electron chi connectivity index (χ3n) is 4.77. The fourth-order valence-corrected chi connectivity index (χ4v) is 3.21. The van der Waals surface area contributed by atoms with Gasteiger partial charge in [0.1, 0.15) is 0 Å². The van der Waals surface area contributed by atoms with Crippen LogP contribution in [0.5, 0.6) is 0 Å². The van der Waals surface area contributed by atoms with Crippen molar-refractivity contribution in [3.63, 3.8) is 0 Å². The topological polar surface area (TPSA) is 70.4 Å². The normalized spacial score (nSPS) is 20.1. The summed E-state index contributed by atoms with van der Waals surface area (Å²) >= 11 is 0.